The summed E-state index contributed by atoms with van der Waals surface area (Å²) in [5.41, 5.74) is 1.77. The molecule has 0 spiro atoms. The van der Waals surface area contributed by atoms with Crippen LogP contribution in [0.5, 0.6) is 5.75 Å². The van der Waals surface area contributed by atoms with Gasteiger partial charge in [0.1, 0.15) is 11.3 Å². The molecule has 4 rings (SSSR count). The molecule has 1 N–H and O–H groups in total. The number of rotatable bonds is 3. The quantitative estimate of drug-likeness (QED) is 0.622. The van der Waals surface area contributed by atoms with Gasteiger partial charge >= 0.3 is 0 Å². The van der Waals surface area contributed by atoms with Crippen molar-refractivity contribution >= 4 is 10.9 Å². The fourth-order valence-electron chi connectivity index (χ4n) is 2.51. The Kier molecular flexibility index (Phi) is 3.42. The van der Waals surface area contributed by atoms with Gasteiger partial charge in [-0.25, -0.2) is 4.39 Å². The van der Waals surface area contributed by atoms with E-state index in [-0.39, 0.29) is 17.5 Å². The number of benzene rings is 2. The highest BCUT2D eigenvalue weighted by atomic mass is 19.1. The summed E-state index contributed by atoms with van der Waals surface area (Å²) < 4.78 is 18.6. The molecule has 0 atom stereocenters. The first kappa shape index (κ1) is 14.3. The van der Waals surface area contributed by atoms with Crippen LogP contribution in [-0.2, 0) is 6.42 Å². The lowest BCUT2D eigenvalue weighted by Crippen LogP contribution is -1.88. The molecular weight excluding hydrogens is 309 g/mol. The summed E-state index contributed by atoms with van der Waals surface area (Å²) in [7, 11) is 0. The Hall–Kier alpha value is -3.28. The molecule has 0 radical (unpaired) electrons. The third kappa shape index (κ3) is 2.58. The number of aromatic hydroxyl groups is 1. The van der Waals surface area contributed by atoms with Gasteiger partial charge in [-0.1, -0.05) is 24.3 Å². The van der Waals surface area contributed by atoms with Crippen LogP contribution in [0.3, 0.4) is 0 Å². The number of hydrogen-bond donors (Lipinski definition) is 1. The highest BCUT2D eigenvalue weighted by molar-refractivity contribution is 5.90. The third-order valence-electron chi connectivity index (χ3n) is 3.71. The van der Waals surface area contributed by atoms with Crippen molar-refractivity contribution in [2.45, 2.75) is 6.42 Å². The van der Waals surface area contributed by atoms with Crippen LogP contribution in [0.2, 0.25) is 0 Å². The second-order valence-corrected chi connectivity index (χ2v) is 5.34. The molecule has 4 aromatic rings. The fraction of sp³-hybridized carbons (Fsp3) is 0.0556. The first-order valence-corrected chi connectivity index (χ1v) is 7.34. The van der Waals surface area contributed by atoms with Crippen molar-refractivity contribution in [2.75, 3.05) is 0 Å². The maximum absolute atomic E-state index is 12.9. The van der Waals surface area contributed by atoms with Crippen LogP contribution >= 0.6 is 0 Å². The zero-order valence-electron chi connectivity index (χ0n) is 12.5. The van der Waals surface area contributed by atoms with Crippen molar-refractivity contribution < 1.29 is 13.9 Å². The van der Waals surface area contributed by atoms with Crippen LogP contribution in [0.1, 0.15) is 11.5 Å². The molecule has 5 nitrogen and oxygen atoms in total. The number of nitrogens with zero attached hydrogens (tertiary/aromatic N) is 3. The second-order valence-electron chi connectivity index (χ2n) is 5.34. The molecule has 0 bridgehead atoms. The van der Waals surface area contributed by atoms with Crippen LogP contribution in [0.15, 0.2) is 59.1 Å². The Labute approximate surface area is 136 Å². The standard InChI is InChI=1S/C18H12FN3O2/c19-13-6-3-11(4-7-13)10-15-21-22-18(24-15)14-8-5-12-2-1-9-20-16(12)17(14)23/h1-9,23H,10H2. The number of fused-ring (bicyclic) bond motifs is 1. The van der Waals surface area contributed by atoms with Crippen LogP contribution in [0.4, 0.5) is 4.39 Å². The Morgan fingerprint density at radius 1 is 1.00 bits per heavy atom. The van der Waals surface area contributed by atoms with Gasteiger partial charge in [0, 0.05) is 11.6 Å². The molecule has 2 aromatic heterocycles. The lowest BCUT2D eigenvalue weighted by molar-refractivity contribution is 0.474. The minimum atomic E-state index is -0.293. The number of aromatic nitrogens is 3. The van der Waals surface area contributed by atoms with E-state index in [1.807, 2.05) is 12.1 Å². The van der Waals surface area contributed by atoms with Gasteiger partial charge < -0.3 is 9.52 Å². The number of phenols is 1. The van der Waals surface area contributed by atoms with Gasteiger partial charge in [0.25, 0.3) is 5.89 Å². The van der Waals surface area contributed by atoms with Crippen LogP contribution in [-0.4, -0.2) is 20.3 Å². The monoisotopic (exact) mass is 321 g/mol. The fourth-order valence-corrected chi connectivity index (χ4v) is 2.51. The smallest absolute Gasteiger partial charge is 0.251 e. The lowest BCUT2D eigenvalue weighted by atomic mass is 10.1. The molecule has 24 heavy (non-hydrogen) atoms. The third-order valence-corrected chi connectivity index (χ3v) is 3.71. The van der Waals surface area contributed by atoms with Crippen molar-refractivity contribution in [1.29, 1.82) is 0 Å². The Morgan fingerprint density at radius 3 is 2.67 bits per heavy atom. The molecular formula is C18H12FN3O2. The van der Waals surface area contributed by atoms with Crippen molar-refractivity contribution in [3.05, 3.63) is 72.0 Å². The molecule has 0 saturated heterocycles. The van der Waals surface area contributed by atoms with Crippen molar-refractivity contribution in [3.63, 3.8) is 0 Å². The first-order chi connectivity index (χ1) is 11.7. The van der Waals surface area contributed by atoms with Gasteiger partial charge in [-0.3, -0.25) is 4.98 Å². The van der Waals surface area contributed by atoms with E-state index in [4.69, 9.17) is 4.42 Å². The predicted molar refractivity (Wildman–Crippen MR) is 85.9 cm³/mol. The lowest BCUT2D eigenvalue weighted by Gasteiger charge is -2.03. The zero-order chi connectivity index (χ0) is 16.5. The largest absolute Gasteiger partial charge is 0.505 e. The molecule has 2 heterocycles. The van der Waals surface area contributed by atoms with Gasteiger partial charge in [0.05, 0.1) is 12.0 Å². The summed E-state index contributed by atoms with van der Waals surface area (Å²) in [5, 5.41) is 19.2. The minimum Gasteiger partial charge on any atom is -0.505 e. The minimum absolute atomic E-state index is 0.00471. The highest BCUT2D eigenvalue weighted by Gasteiger charge is 2.15. The van der Waals surface area contributed by atoms with Crippen molar-refractivity contribution in [3.8, 4) is 17.2 Å². The van der Waals surface area contributed by atoms with Crippen molar-refractivity contribution in [2.24, 2.45) is 0 Å². The van der Waals surface area contributed by atoms with Gasteiger partial charge in [-0.2, -0.15) is 0 Å². The summed E-state index contributed by atoms with van der Waals surface area (Å²) in [4.78, 5) is 4.17. The average molecular weight is 321 g/mol. The van der Waals surface area contributed by atoms with Gasteiger partial charge in [-0.15, -0.1) is 10.2 Å². The number of halogens is 1. The topological polar surface area (TPSA) is 72.0 Å². The first-order valence-electron chi connectivity index (χ1n) is 7.34. The van der Waals surface area contributed by atoms with Crippen LogP contribution in [0, 0.1) is 5.82 Å². The zero-order valence-corrected chi connectivity index (χ0v) is 12.5. The molecule has 2 aromatic carbocycles. The molecule has 0 amide bonds. The van der Waals surface area contributed by atoms with E-state index in [0.29, 0.717) is 23.4 Å². The summed E-state index contributed by atoms with van der Waals surface area (Å²) in [6.07, 6.45) is 2.00. The van der Waals surface area contributed by atoms with Crippen LogP contribution in [0.25, 0.3) is 22.4 Å². The molecule has 6 heteroatoms. The maximum atomic E-state index is 12.9. The molecule has 0 aliphatic carbocycles. The van der Waals surface area contributed by atoms with Crippen molar-refractivity contribution in [1.82, 2.24) is 15.2 Å². The maximum Gasteiger partial charge on any atom is 0.251 e. The van der Waals surface area contributed by atoms with Crippen LogP contribution < -0.4 is 0 Å². The van der Waals surface area contributed by atoms with E-state index in [9.17, 15) is 9.50 Å². The summed E-state index contributed by atoms with van der Waals surface area (Å²) >= 11 is 0. The predicted octanol–water partition coefficient (Wildman–Crippen LogP) is 3.72. The molecule has 0 aliphatic heterocycles. The number of phenolic OH excluding ortho intramolecular Hbond substituents is 1. The summed E-state index contributed by atoms with van der Waals surface area (Å²) in [6, 6.07) is 13.3. The number of pyridine rings is 1. The van der Waals surface area contributed by atoms with E-state index in [0.717, 1.165) is 10.9 Å². The molecule has 0 unspecified atom stereocenters. The highest BCUT2D eigenvalue weighted by Crippen LogP contribution is 2.34. The van der Waals surface area contributed by atoms with E-state index in [1.54, 1.807) is 30.5 Å². The second kappa shape index (κ2) is 5.73. The Balaban J connectivity index is 1.67. The van der Waals surface area contributed by atoms with Gasteiger partial charge in [0.15, 0.2) is 5.75 Å². The Morgan fingerprint density at radius 2 is 1.83 bits per heavy atom. The molecule has 0 fully saturated rings. The number of hydrogen-bond acceptors (Lipinski definition) is 5. The van der Waals surface area contributed by atoms with E-state index in [1.165, 1.54) is 12.1 Å². The van der Waals surface area contributed by atoms with Gasteiger partial charge in [-0.05, 0) is 29.8 Å². The van der Waals surface area contributed by atoms with E-state index in [2.05, 4.69) is 15.2 Å². The normalized spacial score (nSPS) is 11.0. The summed E-state index contributed by atoms with van der Waals surface area (Å²) in [5.74, 6) is 0.318. The molecule has 0 aliphatic rings. The van der Waals surface area contributed by atoms with E-state index < -0.39 is 0 Å². The van der Waals surface area contributed by atoms with Gasteiger partial charge in [0.2, 0.25) is 5.89 Å². The molecule has 118 valence electrons. The SMILES string of the molecule is Oc1c(-c2nnc(Cc3ccc(F)cc3)o2)ccc2cccnc12. The molecule has 0 saturated carbocycles. The summed E-state index contributed by atoms with van der Waals surface area (Å²) in [6.45, 7) is 0. The average Bonchev–Trinajstić information content (AvgIpc) is 3.06. The van der Waals surface area contributed by atoms with E-state index >= 15 is 0 Å². The Bertz CT molecular complexity index is 1010.